The normalized spacial score (nSPS) is 17.8. The number of carbonyl (C=O) groups excluding carboxylic acids is 2. The first-order valence-electron chi connectivity index (χ1n) is 6.08. The minimum Gasteiger partial charge on any atom is -0.312 e. The second-order valence-electron chi connectivity index (χ2n) is 4.51. The van der Waals surface area contributed by atoms with Gasteiger partial charge >= 0.3 is 0 Å². The van der Waals surface area contributed by atoms with Crippen molar-refractivity contribution in [3.05, 3.63) is 40.3 Å². The number of nitrogens with two attached hydrogens (primary N) is 1. The lowest BCUT2D eigenvalue weighted by Crippen LogP contribution is -2.30. The molecule has 8 heteroatoms. The Morgan fingerprint density at radius 2 is 2.40 bits per heavy atom. The van der Waals surface area contributed by atoms with Crippen LogP contribution in [0.15, 0.2) is 29.4 Å². The van der Waals surface area contributed by atoms with E-state index in [1.807, 2.05) is 5.43 Å². The minimum atomic E-state index is -0.413. The lowest BCUT2D eigenvalue weighted by Gasteiger charge is -2.17. The average Bonchev–Trinajstić information content (AvgIpc) is 2.85. The molecule has 0 saturated carbocycles. The van der Waals surface area contributed by atoms with Crippen LogP contribution in [0.4, 0.5) is 5.69 Å². The number of nitrogen functional groups attached to an aromatic ring is 1. The van der Waals surface area contributed by atoms with Crippen molar-refractivity contribution in [3.63, 3.8) is 0 Å². The van der Waals surface area contributed by atoms with E-state index in [9.17, 15) is 9.59 Å². The average molecular weight is 274 g/mol. The maximum Gasteiger partial charge on any atom is 0.265 e. The van der Waals surface area contributed by atoms with E-state index in [4.69, 9.17) is 11.4 Å². The third-order valence-electron chi connectivity index (χ3n) is 3.16. The van der Waals surface area contributed by atoms with Gasteiger partial charge in [0.25, 0.3) is 5.91 Å². The Labute approximate surface area is 115 Å². The molecule has 1 heterocycles. The number of azide groups is 1. The summed E-state index contributed by atoms with van der Waals surface area (Å²) in [5, 5.41) is 3.50. The van der Waals surface area contributed by atoms with Gasteiger partial charge in [-0.1, -0.05) is 11.2 Å². The molecule has 104 valence electrons. The third-order valence-corrected chi connectivity index (χ3v) is 3.16. The fourth-order valence-corrected chi connectivity index (χ4v) is 2.20. The molecule has 2 amide bonds. The summed E-state index contributed by atoms with van der Waals surface area (Å²) in [6.07, 6.45) is 0.340. The second-order valence-corrected chi connectivity index (χ2v) is 4.51. The molecule has 1 aliphatic rings. The zero-order valence-corrected chi connectivity index (χ0v) is 10.7. The Balaban J connectivity index is 2.17. The monoisotopic (exact) mass is 274 g/mol. The number of nitrogens with one attached hydrogen (secondary N) is 1. The first kappa shape index (κ1) is 13.9. The van der Waals surface area contributed by atoms with Crippen LogP contribution in [-0.2, 0) is 4.79 Å². The van der Waals surface area contributed by atoms with E-state index in [-0.39, 0.29) is 11.8 Å². The molecule has 0 spiro atoms. The van der Waals surface area contributed by atoms with E-state index in [2.05, 4.69) is 10.0 Å². The molecule has 0 radical (unpaired) electrons. The molecule has 1 unspecified atom stereocenters. The summed E-state index contributed by atoms with van der Waals surface area (Å²) in [5.74, 6) is 4.63. The van der Waals surface area contributed by atoms with Gasteiger partial charge in [0.05, 0.1) is 0 Å². The van der Waals surface area contributed by atoms with Crippen molar-refractivity contribution < 1.29 is 9.59 Å². The maximum absolute atomic E-state index is 12.0. The Morgan fingerprint density at radius 1 is 1.60 bits per heavy atom. The highest BCUT2D eigenvalue weighted by molar-refractivity contribution is 5.99. The molecule has 0 aromatic heterocycles. The highest BCUT2D eigenvalue weighted by Crippen LogP contribution is 2.26. The first-order chi connectivity index (χ1) is 9.65. The van der Waals surface area contributed by atoms with Gasteiger partial charge in [-0.3, -0.25) is 15.0 Å². The largest absolute Gasteiger partial charge is 0.312 e. The Morgan fingerprint density at radius 3 is 3.10 bits per heavy atom. The molecule has 1 aromatic carbocycles. The van der Waals surface area contributed by atoms with E-state index in [1.165, 1.54) is 0 Å². The van der Waals surface area contributed by atoms with Crippen molar-refractivity contribution in [1.82, 2.24) is 5.43 Å². The number of carbonyl (C=O) groups is 2. The van der Waals surface area contributed by atoms with Gasteiger partial charge in [-0.2, -0.15) is 0 Å². The van der Waals surface area contributed by atoms with Gasteiger partial charge in [0.1, 0.15) is 0 Å². The van der Waals surface area contributed by atoms with Gasteiger partial charge in [-0.15, -0.1) is 0 Å². The Bertz CT molecular complexity index is 581. The summed E-state index contributed by atoms with van der Waals surface area (Å²) in [7, 11) is 0. The van der Waals surface area contributed by atoms with Crippen molar-refractivity contribution in [3.8, 4) is 0 Å². The molecule has 1 aliphatic heterocycles. The van der Waals surface area contributed by atoms with Crippen LogP contribution in [0.1, 0.15) is 16.8 Å². The van der Waals surface area contributed by atoms with Crippen molar-refractivity contribution >= 4 is 17.5 Å². The molecule has 2 rings (SSSR count). The van der Waals surface area contributed by atoms with Crippen molar-refractivity contribution in [1.29, 1.82) is 0 Å². The SMILES string of the molecule is [N-]=[N+]=NCC1CC(=O)N(c2cccc(C(=O)NN)c2)C1. The number of benzene rings is 1. The van der Waals surface area contributed by atoms with Crippen LogP contribution < -0.4 is 16.2 Å². The first-order valence-corrected chi connectivity index (χ1v) is 6.08. The summed E-state index contributed by atoms with van der Waals surface area (Å²) in [4.78, 5) is 27.7. The molecule has 0 aliphatic carbocycles. The van der Waals surface area contributed by atoms with E-state index >= 15 is 0 Å². The molecule has 20 heavy (non-hydrogen) atoms. The zero-order valence-electron chi connectivity index (χ0n) is 10.7. The quantitative estimate of drug-likeness (QED) is 0.212. The van der Waals surface area contributed by atoms with E-state index in [1.54, 1.807) is 29.2 Å². The molecule has 1 atom stereocenters. The van der Waals surface area contributed by atoms with Gasteiger partial charge in [0, 0.05) is 35.7 Å². The fraction of sp³-hybridized carbons (Fsp3) is 0.333. The standard InChI is InChI=1S/C12H14N6O2/c13-16-12(20)9-2-1-3-10(5-9)18-7-8(4-11(18)19)6-15-17-14/h1-3,5,8H,4,6-7,13H2,(H,16,20). The molecular weight excluding hydrogens is 260 g/mol. The topological polar surface area (TPSA) is 124 Å². The summed E-state index contributed by atoms with van der Waals surface area (Å²) in [5.41, 5.74) is 11.4. The highest BCUT2D eigenvalue weighted by Gasteiger charge is 2.30. The number of nitrogens with zero attached hydrogens (tertiary/aromatic N) is 4. The third kappa shape index (κ3) is 2.87. The fourth-order valence-electron chi connectivity index (χ4n) is 2.20. The summed E-state index contributed by atoms with van der Waals surface area (Å²) in [6.45, 7) is 0.771. The number of rotatable bonds is 4. The molecule has 1 fully saturated rings. The van der Waals surface area contributed by atoms with Crippen molar-refractivity contribution in [2.75, 3.05) is 18.0 Å². The summed E-state index contributed by atoms with van der Waals surface area (Å²) < 4.78 is 0. The lowest BCUT2D eigenvalue weighted by atomic mass is 10.1. The zero-order chi connectivity index (χ0) is 14.5. The van der Waals surface area contributed by atoms with E-state index < -0.39 is 5.91 Å². The summed E-state index contributed by atoms with van der Waals surface area (Å²) >= 11 is 0. The van der Waals surface area contributed by atoms with Gasteiger partial charge in [0.15, 0.2) is 0 Å². The number of anilines is 1. The van der Waals surface area contributed by atoms with E-state index in [0.29, 0.717) is 30.8 Å². The minimum absolute atomic E-state index is 0.00499. The second kappa shape index (κ2) is 6.05. The number of amides is 2. The molecule has 0 bridgehead atoms. The van der Waals surface area contributed by atoms with Crippen LogP contribution in [0.3, 0.4) is 0 Å². The van der Waals surface area contributed by atoms with Crippen molar-refractivity contribution in [2.45, 2.75) is 6.42 Å². The van der Waals surface area contributed by atoms with Crippen LogP contribution >= 0.6 is 0 Å². The predicted octanol–water partition coefficient (Wildman–Crippen LogP) is 0.953. The molecular formula is C12H14N6O2. The van der Waals surface area contributed by atoms with Gasteiger partial charge in [-0.05, 0) is 29.6 Å². The van der Waals surface area contributed by atoms with Gasteiger partial charge < -0.3 is 4.90 Å². The number of hydrogen-bond acceptors (Lipinski definition) is 4. The Hall–Kier alpha value is -2.57. The number of hydrogen-bond donors (Lipinski definition) is 2. The van der Waals surface area contributed by atoms with Crippen LogP contribution in [0.5, 0.6) is 0 Å². The van der Waals surface area contributed by atoms with Gasteiger partial charge in [-0.25, -0.2) is 5.84 Å². The molecule has 1 saturated heterocycles. The molecule has 1 aromatic rings. The van der Waals surface area contributed by atoms with Crippen LogP contribution in [0, 0.1) is 5.92 Å². The van der Waals surface area contributed by atoms with Gasteiger partial charge in [0.2, 0.25) is 5.91 Å². The summed E-state index contributed by atoms with van der Waals surface area (Å²) in [6, 6.07) is 6.66. The lowest BCUT2D eigenvalue weighted by molar-refractivity contribution is -0.117. The van der Waals surface area contributed by atoms with E-state index in [0.717, 1.165) is 0 Å². The smallest absolute Gasteiger partial charge is 0.265 e. The van der Waals surface area contributed by atoms with Crippen LogP contribution in [0.2, 0.25) is 0 Å². The highest BCUT2D eigenvalue weighted by atomic mass is 16.2. The number of hydrazine groups is 1. The Kier molecular flexibility index (Phi) is 4.19. The van der Waals surface area contributed by atoms with Crippen LogP contribution in [-0.4, -0.2) is 24.9 Å². The van der Waals surface area contributed by atoms with Crippen LogP contribution in [0.25, 0.3) is 10.4 Å². The predicted molar refractivity (Wildman–Crippen MR) is 72.6 cm³/mol. The molecule has 8 nitrogen and oxygen atoms in total. The maximum atomic E-state index is 12.0. The molecule has 3 N–H and O–H groups in total. The van der Waals surface area contributed by atoms with Crippen molar-refractivity contribution in [2.24, 2.45) is 16.9 Å².